The van der Waals surface area contributed by atoms with Gasteiger partial charge < -0.3 is 20.8 Å². The molecular formula is C25H32F2N4O3. The molecule has 7 nitrogen and oxygen atoms in total. The van der Waals surface area contributed by atoms with Crippen LogP contribution in [0.25, 0.3) is 21.8 Å². The number of hydrogen-bond donors (Lipinski definition) is 4. The molecule has 0 fully saturated rings. The number of nitrogens with one attached hydrogen (secondary N) is 2. The molecule has 0 aliphatic heterocycles. The van der Waals surface area contributed by atoms with Crippen LogP contribution in [0, 0.1) is 21.7 Å². The van der Waals surface area contributed by atoms with Crippen molar-refractivity contribution in [2.75, 3.05) is 12.8 Å². The summed E-state index contributed by atoms with van der Waals surface area (Å²) < 4.78 is 27.5. The van der Waals surface area contributed by atoms with Gasteiger partial charge in [-0.05, 0) is 30.3 Å². The standard InChI is InChI=1S/C12H13FN2O2.C12H15FN2.CH4O/c1-12(2,3)10-6-7-8(14-10)4-5-9(11(7)13)15(16)17;1-12(2,3)10-6-7-9(15-10)5-4-8(14)11(7)13;1-2/h4-6,14H,1-3H3;4-6,15H,14H2,1-3H3;2H,1H3. The monoisotopic (exact) mass is 474 g/mol. The molecule has 184 valence electrons. The molecule has 0 aliphatic carbocycles. The Balaban J connectivity index is 0.000000225. The van der Waals surface area contributed by atoms with Gasteiger partial charge >= 0.3 is 5.69 Å². The Bertz CT molecular complexity index is 1310. The van der Waals surface area contributed by atoms with Gasteiger partial charge in [0.2, 0.25) is 5.82 Å². The maximum Gasteiger partial charge on any atom is 0.305 e. The predicted molar refractivity (Wildman–Crippen MR) is 133 cm³/mol. The highest BCUT2D eigenvalue weighted by Crippen LogP contribution is 2.31. The third-order valence-corrected chi connectivity index (χ3v) is 5.30. The van der Waals surface area contributed by atoms with Gasteiger partial charge in [-0.25, -0.2) is 4.39 Å². The first-order chi connectivity index (χ1) is 15.7. The van der Waals surface area contributed by atoms with Gasteiger partial charge in [-0.15, -0.1) is 0 Å². The molecule has 4 rings (SSSR count). The second-order valence-corrected chi connectivity index (χ2v) is 9.91. The van der Waals surface area contributed by atoms with Gasteiger partial charge in [0.1, 0.15) is 0 Å². The zero-order valence-electron chi connectivity index (χ0n) is 20.5. The largest absolute Gasteiger partial charge is 0.400 e. The SMILES string of the molecule is CC(C)(C)c1cc2c(F)c(N)ccc2[nH]1.CC(C)(C)c1cc2c(F)c([N+](=O)[O-])ccc2[nH]1.CO. The van der Waals surface area contributed by atoms with E-state index in [1.54, 1.807) is 12.1 Å². The summed E-state index contributed by atoms with van der Waals surface area (Å²) in [6.07, 6.45) is 0. The summed E-state index contributed by atoms with van der Waals surface area (Å²) in [5.74, 6) is -1.11. The number of nitrogen functional groups attached to an aromatic ring is 1. The number of rotatable bonds is 1. The molecule has 0 spiro atoms. The lowest BCUT2D eigenvalue weighted by atomic mass is 9.92. The topological polar surface area (TPSA) is 121 Å². The number of nitro groups is 1. The van der Waals surface area contributed by atoms with E-state index in [0.717, 1.165) is 24.0 Å². The highest BCUT2D eigenvalue weighted by molar-refractivity contribution is 5.85. The number of aliphatic hydroxyl groups is 1. The first kappa shape index (κ1) is 26.8. The van der Waals surface area contributed by atoms with E-state index in [0.29, 0.717) is 10.9 Å². The fourth-order valence-corrected chi connectivity index (χ4v) is 3.29. The molecule has 9 heteroatoms. The number of nitrogens with two attached hydrogens (primary N) is 1. The van der Waals surface area contributed by atoms with Crippen molar-refractivity contribution >= 4 is 33.2 Å². The van der Waals surface area contributed by atoms with Crippen molar-refractivity contribution in [3.63, 3.8) is 0 Å². The van der Waals surface area contributed by atoms with Crippen LogP contribution in [0.2, 0.25) is 0 Å². The van der Waals surface area contributed by atoms with E-state index in [2.05, 4.69) is 30.7 Å². The van der Waals surface area contributed by atoms with E-state index in [-0.39, 0.29) is 27.7 Å². The van der Waals surface area contributed by atoms with E-state index in [1.165, 1.54) is 12.1 Å². The Morgan fingerprint density at radius 3 is 1.65 bits per heavy atom. The Labute approximate surface area is 197 Å². The van der Waals surface area contributed by atoms with E-state index in [1.807, 2.05) is 32.9 Å². The first-order valence-corrected chi connectivity index (χ1v) is 10.7. The van der Waals surface area contributed by atoms with Crippen LogP contribution >= 0.6 is 0 Å². The van der Waals surface area contributed by atoms with Gasteiger partial charge in [-0.2, -0.15) is 4.39 Å². The predicted octanol–water partition coefficient (Wildman–Crippen LogP) is 6.31. The lowest BCUT2D eigenvalue weighted by Crippen LogP contribution is -2.10. The van der Waals surface area contributed by atoms with Crippen molar-refractivity contribution in [3.8, 4) is 0 Å². The molecule has 0 saturated heterocycles. The van der Waals surface area contributed by atoms with Crippen molar-refractivity contribution in [1.82, 2.24) is 9.97 Å². The van der Waals surface area contributed by atoms with Gasteiger partial charge in [0, 0.05) is 57.2 Å². The Morgan fingerprint density at radius 1 is 0.824 bits per heavy atom. The molecule has 0 aliphatic rings. The summed E-state index contributed by atoms with van der Waals surface area (Å²) in [6, 6.07) is 9.58. The van der Waals surface area contributed by atoms with Gasteiger partial charge in [-0.3, -0.25) is 10.1 Å². The van der Waals surface area contributed by atoms with Crippen LogP contribution in [0.3, 0.4) is 0 Å². The van der Waals surface area contributed by atoms with Gasteiger partial charge in [0.15, 0.2) is 5.82 Å². The number of benzene rings is 2. The van der Waals surface area contributed by atoms with Crippen LogP contribution in [0.4, 0.5) is 20.2 Å². The minimum absolute atomic E-state index is 0.0137. The van der Waals surface area contributed by atoms with Crippen LogP contribution in [0.15, 0.2) is 36.4 Å². The smallest absolute Gasteiger partial charge is 0.305 e. The minimum atomic E-state index is -0.778. The second kappa shape index (κ2) is 9.80. The van der Waals surface area contributed by atoms with Crippen LogP contribution in [-0.2, 0) is 10.8 Å². The van der Waals surface area contributed by atoms with E-state index in [9.17, 15) is 18.9 Å². The minimum Gasteiger partial charge on any atom is -0.400 e. The van der Waals surface area contributed by atoms with Crippen molar-refractivity contribution < 1.29 is 18.8 Å². The second-order valence-electron chi connectivity index (χ2n) is 9.91. The summed E-state index contributed by atoms with van der Waals surface area (Å²) in [4.78, 5) is 16.2. The summed E-state index contributed by atoms with van der Waals surface area (Å²) in [7, 11) is 1.00. The Kier molecular flexibility index (Phi) is 7.72. The average Bonchev–Trinajstić information content (AvgIpc) is 3.38. The first-order valence-electron chi connectivity index (χ1n) is 10.7. The highest BCUT2D eigenvalue weighted by atomic mass is 19.1. The Hall–Kier alpha value is -3.46. The van der Waals surface area contributed by atoms with Crippen LogP contribution in [0.1, 0.15) is 52.9 Å². The number of nitro benzene ring substituents is 1. The number of halogens is 2. The molecule has 0 atom stereocenters. The molecule has 4 aromatic rings. The third-order valence-electron chi connectivity index (χ3n) is 5.30. The maximum absolute atomic E-state index is 13.9. The van der Waals surface area contributed by atoms with Crippen molar-refractivity contribution in [3.05, 3.63) is 69.5 Å². The molecule has 2 aromatic carbocycles. The highest BCUT2D eigenvalue weighted by Gasteiger charge is 2.22. The Morgan fingerprint density at radius 2 is 1.24 bits per heavy atom. The fourth-order valence-electron chi connectivity index (χ4n) is 3.29. The molecule has 0 radical (unpaired) electrons. The van der Waals surface area contributed by atoms with Crippen LogP contribution in [0.5, 0.6) is 0 Å². The molecule has 0 saturated carbocycles. The number of aromatic nitrogens is 2. The molecule has 0 unspecified atom stereocenters. The summed E-state index contributed by atoms with van der Waals surface area (Å²) >= 11 is 0. The number of aliphatic hydroxyl groups excluding tert-OH is 1. The zero-order chi connectivity index (χ0) is 26.0. The van der Waals surface area contributed by atoms with Crippen molar-refractivity contribution in [1.29, 1.82) is 0 Å². The lowest BCUT2D eigenvalue weighted by molar-refractivity contribution is -0.387. The van der Waals surface area contributed by atoms with Crippen LogP contribution < -0.4 is 5.73 Å². The van der Waals surface area contributed by atoms with E-state index >= 15 is 0 Å². The van der Waals surface area contributed by atoms with E-state index < -0.39 is 16.4 Å². The van der Waals surface area contributed by atoms with E-state index in [4.69, 9.17) is 10.8 Å². The average molecular weight is 475 g/mol. The normalized spacial score (nSPS) is 11.6. The number of anilines is 1. The number of H-pyrrole nitrogens is 2. The van der Waals surface area contributed by atoms with Crippen LogP contribution in [-0.4, -0.2) is 27.1 Å². The van der Waals surface area contributed by atoms with Gasteiger partial charge in [0.25, 0.3) is 0 Å². The third kappa shape index (κ3) is 5.53. The molecule has 5 N–H and O–H groups in total. The number of aromatic amines is 2. The van der Waals surface area contributed by atoms with Crippen molar-refractivity contribution in [2.24, 2.45) is 0 Å². The molecule has 2 aromatic heterocycles. The quantitative estimate of drug-likeness (QED) is 0.147. The molecule has 2 heterocycles. The zero-order valence-corrected chi connectivity index (χ0v) is 20.5. The van der Waals surface area contributed by atoms with Gasteiger partial charge in [0.05, 0.1) is 10.6 Å². The lowest BCUT2D eigenvalue weighted by Gasteiger charge is -2.15. The summed E-state index contributed by atoms with van der Waals surface area (Å²) in [5.41, 5.74) is 8.31. The maximum atomic E-state index is 13.9. The molecular weight excluding hydrogens is 442 g/mol. The molecule has 34 heavy (non-hydrogen) atoms. The number of hydrogen-bond acceptors (Lipinski definition) is 4. The fraction of sp³-hybridized carbons (Fsp3) is 0.360. The summed E-state index contributed by atoms with van der Waals surface area (Å²) in [5, 5.41) is 18.5. The number of fused-ring (bicyclic) bond motifs is 2. The van der Waals surface area contributed by atoms with Crippen molar-refractivity contribution in [2.45, 2.75) is 52.4 Å². The van der Waals surface area contributed by atoms with Gasteiger partial charge in [-0.1, -0.05) is 41.5 Å². The molecule has 0 amide bonds. The summed E-state index contributed by atoms with van der Waals surface area (Å²) in [6.45, 7) is 12.2. The molecule has 0 bridgehead atoms. The number of nitrogens with zero attached hydrogens (tertiary/aromatic N) is 1.